The minimum absolute atomic E-state index is 0.190. The summed E-state index contributed by atoms with van der Waals surface area (Å²) < 4.78 is 18.4. The second-order valence-corrected chi connectivity index (χ2v) is 6.41. The molecule has 0 fully saturated rings. The van der Waals surface area contributed by atoms with Crippen LogP contribution in [0.4, 0.5) is 4.39 Å². The van der Waals surface area contributed by atoms with Gasteiger partial charge in [0.2, 0.25) is 11.7 Å². The fraction of sp³-hybridized carbons (Fsp3) is 0.316. The average Bonchev–Trinajstić information content (AvgIpc) is 3.04. The molecule has 6 heteroatoms. The lowest BCUT2D eigenvalue weighted by Crippen LogP contribution is -2.28. The summed E-state index contributed by atoms with van der Waals surface area (Å²) >= 11 is 0. The highest BCUT2D eigenvalue weighted by molar-refractivity contribution is 5.53. The molecule has 1 unspecified atom stereocenters. The fourth-order valence-corrected chi connectivity index (χ4v) is 3.05. The number of benzene rings is 1. The summed E-state index contributed by atoms with van der Waals surface area (Å²) in [6, 6.07) is 10.3. The third kappa shape index (κ3) is 4.09. The molecule has 0 saturated carbocycles. The predicted octanol–water partition coefficient (Wildman–Crippen LogP) is 4.10. The number of pyridine rings is 1. The second-order valence-electron chi connectivity index (χ2n) is 6.41. The van der Waals surface area contributed by atoms with Crippen LogP contribution in [-0.2, 0) is 6.54 Å². The first kappa shape index (κ1) is 17.2. The van der Waals surface area contributed by atoms with Crippen LogP contribution < -0.4 is 0 Å². The summed E-state index contributed by atoms with van der Waals surface area (Å²) in [7, 11) is 2.03. The maximum absolute atomic E-state index is 13.0. The molecule has 25 heavy (non-hydrogen) atoms. The van der Waals surface area contributed by atoms with Gasteiger partial charge >= 0.3 is 0 Å². The Labute approximate surface area is 146 Å². The van der Waals surface area contributed by atoms with Crippen LogP contribution in [-0.4, -0.2) is 27.1 Å². The first-order chi connectivity index (χ1) is 12.0. The van der Waals surface area contributed by atoms with E-state index in [1.54, 1.807) is 18.3 Å². The Bertz CT molecular complexity index is 802. The third-order valence-electron chi connectivity index (χ3n) is 4.09. The lowest BCUT2D eigenvalue weighted by atomic mass is 9.96. The van der Waals surface area contributed by atoms with Crippen molar-refractivity contribution in [3.63, 3.8) is 0 Å². The van der Waals surface area contributed by atoms with E-state index in [1.165, 1.54) is 12.1 Å². The number of hydrogen-bond donors (Lipinski definition) is 0. The van der Waals surface area contributed by atoms with E-state index in [0.29, 0.717) is 24.2 Å². The van der Waals surface area contributed by atoms with E-state index in [-0.39, 0.29) is 11.9 Å². The fourth-order valence-electron chi connectivity index (χ4n) is 3.05. The predicted molar refractivity (Wildman–Crippen MR) is 93.0 cm³/mol. The van der Waals surface area contributed by atoms with Gasteiger partial charge in [0.05, 0.1) is 6.54 Å². The molecule has 0 aliphatic heterocycles. The molecule has 0 radical (unpaired) electrons. The van der Waals surface area contributed by atoms with Crippen molar-refractivity contribution < 1.29 is 8.91 Å². The SMILES string of the molecule is CC(C)C(c1cccnc1)N(C)Cc1nc(-c2ccc(F)cc2)no1. The molecule has 0 spiro atoms. The maximum atomic E-state index is 13.0. The van der Waals surface area contributed by atoms with Crippen LogP contribution in [0, 0.1) is 11.7 Å². The zero-order valence-electron chi connectivity index (χ0n) is 14.6. The highest BCUT2D eigenvalue weighted by Gasteiger charge is 2.23. The Morgan fingerprint density at radius 3 is 2.56 bits per heavy atom. The van der Waals surface area contributed by atoms with Crippen LogP contribution in [0.5, 0.6) is 0 Å². The van der Waals surface area contributed by atoms with E-state index in [2.05, 4.69) is 39.9 Å². The van der Waals surface area contributed by atoms with E-state index < -0.39 is 0 Å². The maximum Gasteiger partial charge on any atom is 0.241 e. The smallest absolute Gasteiger partial charge is 0.241 e. The largest absolute Gasteiger partial charge is 0.338 e. The Balaban J connectivity index is 1.76. The first-order valence-electron chi connectivity index (χ1n) is 8.23. The van der Waals surface area contributed by atoms with Crippen molar-refractivity contribution in [3.8, 4) is 11.4 Å². The molecule has 130 valence electrons. The van der Waals surface area contributed by atoms with Crippen LogP contribution >= 0.6 is 0 Å². The van der Waals surface area contributed by atoms with Gasteiger partial charge < -0.3 is 4.52 Å². The van der Waals surface area contributed by atoms with Crippen LogP contribution in [0.15, 0.2) is 53.3 Å². The van der Waals surface area contributed by atoms with E-state index in [9.17, 15) is 4.39 Å². The van der Waals surface area contributed by atoms with Gasteiger partial charge in [-0.25, -0.2) is 4.39 Å². The third-order valence-corrected chi connectivity index (χ3v) is 4.09. The normalized spacial score (nSPS) is 12.7. The van der Waals surface area contributed by atoms with Gasteiger partial charge in [0.25, 0.3) is 0 Å². The second kappa shape index (κ2) is 7.53. The Morgan fingerprint density at radius 2 is 1.92 bits per heavy atom. The molecule has 1 atom stereocenters. The molecule has 0 aliphatic rings. The van der Waals surface area contributed by atoms with Gasteiger partial charge in [0, 0.05) is 24.0 Å². The lowest BCUT2D eigenvalue weighted by Gasteiger charge is -2.30. The highest BCUT2D eigenvalue weighted by atomic mass is 19.1. The summed E-state index contributed by atoms with van der Waals surface area (Å²) in [4.78, 5) is 10.8. The van der Waals surface area contributed by atoms with Crippen molar-refractivity contribution in [1.82, 2.24) is 20.0 Å². The van der Waals surface area contributed by atoms with Crippen LogP contribution in [0.25, 0.3) is 11.4 Å². The number of hydrogen-bond acceptors (Lipinski definition) is 5. The quantitative estimate of drug-likeness (QED) is 0.676. The van der Waals surface area contributed by atoms with Crippen LogP contribution in [0.2, 0.25) is 0 Å². The van der Waals surface area contributed by atoms with E-state index >= 15 is 0 Å². The van der Waals surface area contributed by atoms with Crippen LogP contribution in [0.3, 0.4) is 0 Å². The molecule has 0 amide bonds. The minimum Gasteiger partial charge on any atom is -0.338 e. The van der Waals surface area contributed by atoms with Crippen molar-refractivity contribution in [1.29, 1.82) is 0 Å². The van der Waals surface area contributed by atoms with Gasteiger partial charge in [0.1, 0.15) is 5.82 Å². The van der Waals surface area contributed by atoms with Crippen molar-refractivity contribution in [2.24, 2.45) is 5.92 Å². The molecule has 0 N–H and O–H groups in total. The number of rotatable bonds is 6. The van der Waals surface area contributed by atoms with Gasteiger partial charge in [-0.2, -0.15) is 4.98 Å². The zero-order valence-corrected chi connectivity index (χ0v) is 14.6. The Kier molecular flexibility index (Phi) is 5.19. The molecule has 3 rings (SSSR count). The molecule has 5 nitrogen and oxygen atoms in total. The van der Waals surface area contributed by atoms with Gasteiger partial charge in [-0.1, -0.05) is 25.1 Å². The van der Waals surface area contributed by atoms with Gasteiger partial charge in [-0.15, -0.1) is 0 Å². The van der Waals surface area contributed by atoms with E-state index in [4.69, 9.17) is 4.52 Å². The van der Waals surface area contributed by atoms with E-state index in [1.807, 2.05) is 19.3 Å². The molecular formula is C19H21FN4O. The summed E-state index contributed by atoms with van der Waals surface area (Å²) in [5.74, 6) is 1.10. The highest BCUT2D eigenvalue weighted by Crippen LogP contribution is 2.28. The molecule has 2 aromatic heterocycles. The Hall–Kier alpha value is -2.60. The van der Waals surface area contributed by atoms with Gasteiger partial charge in [-0.3, -0.25) is 9.88 Å². The number of aromatic nitrogens is 3. The molecule has 0 saturated heterocycles. The van der Waals surface area contributed by atoms with Crippen LogP contribution in [0.1, 0.15) is 31.3 Å². The number of nitrogens with zero attached hydrogens (tertiary/aromatic N) is 4. The van der Waals surface area contributed by atoms with Gasteiger partial charge in [0.15, 0.2) is 0 Å². The van der Waals surface area contributed by atoms with Gasteiger partial charge in [-0.05, 0) is 48.9 Å². The molecule has 2 heterocycles. The van der Waals surface area contributed by atoms with Crippen molar-refractivity contribution >= 4 is 0 Å². The molecule has 1 aromatic carbocycles. The summed E-state index contributed by atoms with van der Waals surface area (Å²) in [5.41, 5.74) is 1.88. The topological polar surface area (TPSA) is 55.1 Å². The van der Waals surface area contributed by atoms with Crippen molar-refractivity contribution in [2.45, 2.75) is 26.4 Å². The monoisotopic (exact) mass is 340 g/mol. The molecule has 3 aromatic rings. The van der Waals surface area contributed by atoms with Crippen molar-refractivity contribution in [3.05, 3.63) is 66.1 Å². The summed E-state index contributed by atoms with van der Waals surface area (Å²) in [5, 5.41) is 4.00. The number of halogens is 1. The van der Waals surface area contributed by atoms with E-state index in [0.717, 1.165) is 11.1 Å². The standard InChI is InChI=1S/C19H21FN4O/c1-13(2)18(15-5-4-10-21-11-15)24(3)12-17-22-19(23-25-17)14-6-8-16(20)9-7-14/h4-11,13,18H,12H2,1-3H3. The first-order valence-corrected chi connectivity index (χ1v) is 8.23. The molecular weight excluding hydrogens is 319 g/mol. The summed E-state index contributed by atoms with van der Waals surface area (Å²) in [6.45, 7) is 4.86. The Morgan fingerprint density at radius 1 is 1.16 bits per heavy atom. The lowest BCUT2D eigenvalue weighted by molar-refractivity contribution is 0.164. The summed E-state index contributed by atoms with van der Waals surface area (Å²) in [6.07, 6.45) is 3.66. The zero-order chi connectivity index (χ0) is 17.8. The average molecular weight is 340 g/mol. The minimum atomic E-state index is -0.288. The molecule has 0 bridgehead atoms. The van der Waals surface area contributed by atoms with Crippen molar-refractivity contribution in [2.75, 3.05) is 7.05 Å². The molecule has 0 aliphatic carbocycles.